The summed E-state index contributed by atoms with van der Waals surface area (Å²) in [5.41, 5.74) is -1.53. The van der Waals surface area contributed by atoms with Crippen LogP contribution in [-0.4, -0.2) is 32.5 Å². The van der Waals surface area contributed by atoms with Gasteiger partial charge >= 0.3 is 11.2 Å². The van der Waals surface area contributed by atoms with Crippen LogP contribution in [0.3, 0.4) is 0 Å². The Labute approximate surface area is 152 Å². The number of aromatic nitrogens is 1. The van der Waals surface area contributed by atoms with Crippen LogP contribution in [-0.2, 0) is 11.3 Å². The smallest absolute Gasteiger partial charge is 0.334 e. The van der Waals surface area contributed by atoms with E-state index < -0.39 is 16.2 Å². The Balaban J connectivity index is 0.00000312. The van der Waals surface area contributed by atoms with Crippen molar-refractivity contribution in [2.45, 2.75) is 64.2 Å². The SMILES string of the molecule is CC1(C)CC(NC(=O)Cn2cccc([N+](=O)[O-])c2=O)CC(C)(C)N1.Cl. The molecule has 9 heteroatoms. The van der Waals surface area contributed by atoms with Gasteiger partial charge in [0.2, 0.25) is 5.91 Å². The van der Waals surface area contributed by atoms with E-state index in [0.717, 1.165) is 23.5 Å². The van der Waals surface area contributed by atoms with Crippen molar-refractivity contribution in [3.05, 3.63) is 38.8 Å². The number of rotatable bonds is 4. The number of pyridine rings is 1. The minimum Gasteiger partial charge on any atom is -0.352 e. The lowest BCUT2D eigenvalue weighted by Crippen LogP contribution is -2.62. The summed E-state index contributed by atoms with van der Waals surface area (Å²) in [6.45, 7) is 8.10. The van der Waals surface area contributed by atoms with Crippen molar-refractivity contribution >= 4 is 24.0 Å². The third kappa shape index (κ3) is 5.54. The molecule has 0 saturated carbocycles. The Morgan fingerprint density at radius 1 is 1.36 bits per heavy atom. The van der Waals surface area contributed by atoms with Crippen LogP contribution in [0.4, 0.5) is 5.69 Å². The summed E-state index contributed by atoms with van der Waals surface area (Å²) in [4.78, 5) is 34.3. The number of hydrogen-bond acceptors (Lipinski definition) is 5. The average molecular weight is 373 g/mol. The van der Waals surface area contributed by atoms with Crippen LogP contribution in [0.25, 0.3) is 0 Å². The largest absolute Gasteiger partial charge is 0.352 e. The molecule has 0 atom stereocenters. The van der Waals surface area contributed by atoms with Gasteiger partial charge in [-0.3, -0.25) is 19.7 Å². The topological polar surface area (TPSA) is 106 Å². The molecule has 2 N–H and O–H groups in total. The fourth-order valence-electron chi connectivity index (χ4n) is 3.64. The van der Waals surface area contributed by atoms with Crippen LogP contribution in [0.15, 0.2) is 23.1 Å². The molecule has 1 aliphatic rings. The maximum atomic E-state index is 12.3. The van der Waals surface area contributed by atoms with Gasteiger partial charge in [0, 0.05) is 29.4 Å². The van der Waals surface area contributed by atoms with Gasteiger partial charge in [-0.05, 0) is 46.6 Å². The molecule has 1 fully saturated rings. The van der Waals surface area contributed by atoms with Gasteiger partial charge in [-0.2, -0.15) is 0 Å². The van der Waals surface area contributed by atoms with E-state index in [9.17, 15) is 19.7 Å². The number of nitrogens with zero attached hydrogens (tertiary/aromatic N) is 2. The molecule has 0 radical (unpaired) electrons. The van der Waals surface area contributed by atoms with Gasteiger partial charge in [0.05, 0.1) is 4.92 Å². The number of halogens is 1. The molecular weight excluding hydrogens is 348 g/mol. The maximum Gasteiger partial charge on any atom is 0.334 e. The quantitative estimate of drug-likeness (QED) is 0.616. The molecule has 2 rings (SSSR count). The first-order chi connectivity index (χ1) is 11.0. The van der Waals surface area contributed by atoms with Gasteiger partial charge in [-0.25, -0.2) is 0 Å². The van der Waals surface area contributed by atoms with Crippen molar-refractivity contribution in [1.29, 1.82) is 0 Å². The first kappa shape index (κ1) is 21.1. The van der Waals surface area contributed by atoms with Gasteiger partial charge < -0.3 is 15.2 Å². The third-order valence-electron chi connectivity index (χ3n) is 4.07. The van der Waals surface area contributed by atoms with E-state index in [-0.39, 0.29) is 42.0 Å². The van der Waals surface area contributed by atoms with Crippen LogP contribution < -0.4 is 16.2 Å². The first-order valence-corrected chi connectivity index (χ1v) is 7.92. The Kier molecular flexibility index (Phi) is 6.36. The summed E-state index contributed by atoms with van der Waals surface area (Å²) in [6.07, 6.45) is 2.92. The number of carbonyl (C=O) groups excluding carboxylic acids is 1. The Morgan fingerprint density at radius 3 is 2.44 bits per heavy atom. The normalized spacial score (nSPS) is 18.9. The maximum absolute atomic E-state index is 12.3. The predicted molar refractivity (Wildman–Crippen MR) is 97.1 cm³/mol. The molecule has 1 aliphatic heterocycles. The molecule has 0 bridgehead atoms. The fraction of sp³-hybridized carbons (Fsp3) is 0.625. The van der Waals surface area contributed by atoms with E-state index in [1.54, 1.807) is 0 Å². The first-order valence-electron chi connectivity index (χ1n) is 7.92. The molecule has 1 amide bonds. The van der Waals surface area contributed by atoms with Crippen molar-refractivity contribution in [1.82, 2.24) is 15.2 Å². The standard InChI is InChI=1S/C16H24N4O4.ClH/c1-15(2)8-11(9-16(3,4)18-15)17-13(21)10-19-7-5-6-12(14(19)22)20(23)24;/h5-7,11,18H,8-10H2,1-4H3,(H,17,21);1H. The minimum atomic E-state index is -0.774. The zero-order chi connectivity index (χ0) is 18.1. The molecule has 0 aromatic carbocycles. The molecule has 2 heterocycles. The Hall–Kier alpha value is -1.93. The number of carbonyl (C=O) groups is 1. The minimum absolute atomic E-state index is 0. The zero-order valence-electron chi connectivity index (χ0n) is 14.9. The molecule has 8 nitrogen and oxygen atoms in total. The molecule has 0 spiro atoms. The van der Waals surface area contributed by atoms with E-state index in [0.29, 0.717) is 0 Å². The molecule has 1 saturated heterocycles. The molecule has 1 aromatic heterocycles. The average Bonchev–Trinajstić information content (AvgIpc) is 2.36. The number of nitrogens with one attached hydrogen (secondary N) is 2. The summed E-state index contributed by atoms with van der Waals surface area (Å²) < 4.78 is 1.06. The van der Waals surface area contributed by atoms with Crippen LogP contribution in [0.5, 0.6) is 0 Å². The van der Waals surface area contributed by atoms with Gasteiger partial charge in [-0.15, -0.1) is 12.4 Å². The monoisotopic (exact) mass is 372 g/mol. The second-order valence-corrected chi connectivity index (χ2v) is 7.65. The molecule has 0 unspecified atom stereocenters. The lowest BCUT2D eigenvalue weighted by molar-refractivity contribution is -0.386. The number of nitro groups is 1. The molecule has 1 aromatic rings. The van der Waals surface area contributed by atoms with Crippen LogP contribution in [0.2, 0.25) is 0 Å². The predicted octanol–water partition coefficient (Wildman–Crippen LogP) is 1.60. The lowest BCUT2D eigenvalue weighted by atomic mass is 9.79. The lowest BCUT2D eigenvalue weighted by Gasteiger charge is -2.46. The highest BCUT2D eigenvalue weighted by atomic mass is 35.5. The van der Waals surface area contributed by atoms with E-state index in [1.807, 2.05) is 0 Å². The van der Waals surface area contributed by atoms with Crippen LogP contribution in [0, 0.1) is 10.1 Å². The van der Waals surface area contributed by atoms with Gasteiger partial charge in [0.15, 0.2) is 0 Å². The van der Waals surface area contributed by atoms with Gasteiger partial charge in [0.1, 0.15) is 6.54 Å². The van der Waals surface area contributed by atoms with Crippen molar-refractivity contribution in [3.63, 3.8) is 0 Å². The number of amides is 1. The molecule has 0 aliphatic carbocycles. The van der Waals surface area contributed by atoms with E-state index in [2.05, 4.69) is 38.3 Å². The fourth-order valence-corrected chi connectivity index (χ4v) is 3.64. The summed E-state index contributed by atoms with van der Waals surface area (Å²) in [5, 5.41) is 17.3. The highest BCUT2D eigenvalue weighted by molar-refractivity contribution is 5.85. The van der Waals surface area contributed by atoms with E-state index in [1.165, 1.54) is 12.3 Å². The second kappa shape index (κ2) is 7.53. The summed E-state index contributed by atoms with van der Waals surface area (Å²) in [6, 6.07) is 2.51. The Bertz CT molecular complexity index is 698. The van der Waals surface area contributed by atoms with E-state index in [4.69, 9.17) is 0 Å². The zero-order valence-corrected chi connectivity index (χ0v) is 15.7. The summed E-state index contributed by atoms with van der Waals surface area (Å²) >= 11 is 0. The van der Waals surface area contributed by atoms with Gasteiger partial charge in [0.25, 0.3) is 0 Å². The van der Waals surface area contributed by atoms with Gasteiger partial charge in [-0.1, -0.05) is 0 Å². The Morgan fingerprint density at radius 2 is 1.92 bits per heavy atom. The second-order valence-electron chi connectivity index (χ2n) is 7.65. The molecule has 140 valence electrons. The number of hydrogen-bond donors (Lipinski definition) is 2. The van der Waals surface area contributed by atoms with Crippen molar-refractivity contribution in [2.24, 2.45) is 0 Å². The highest BCUT2D eigenvalue weighted by Crippen LogP contribution is 2.28. The van der Waals surface area contributed by atoms with Crippen molar-refractivity contribution < 1.29 is 9.72 Å². The third-order valence-corrected chi connectivity index (χ3v) is 4.07. The van der Waals surface area contributed by atoms with Crippen LogP contribution in [0.1, 0.15) is 40.5 Å². The van der Waals surface area contributed by atoms with Crippen molar-refractivity contribution in [3.8, 4) is 0 Å². The summed E-state index contributed by atoms with van der Waals surface area (Å²) in [7, 11) is 0. The highest BCUT2D eigenvalue weighted by Gasteiger charge is 2.38. The van der Waals surface area contributed by atoms with E-state index >= 15 is 0 Å². The van der Waals surface area contributed by atoms with Crippen LogP contribution >= 0.6 is 12.4 Å². The number of piperidine rings is 1. The molecular formula is C16H25ClN4O4. The summed E-state index contributed by atoms with van der Waals surface area (Å²) in [5.74, 6) is -0.323. The van der Waals surface area contributed by atoms with Crippen molar-refractivity contribution in [2.75, 3.05) is 0 Å². The molecule has 25 heavy (non-hydrogen) atoms.